The molecule has 0 fully saturated rings. The van der Waals surface area contributed by atoms with Crippen LogP contribution in [0.4, 0.5) is 0 Å². The third kappa shape index (κ3) is 5.23. The lowest BCUT2D eigenvalue weighted by molar-refractivity contribution is 0.297. The number of nitrogens with zero attached hydrogens (tertiary/aromatic N) is 3. The Labute approximate surface area is 162 Å². The quantitative estimate of drug-likeness (QED) is 0.686. The minimum atomic E-state index is 0.694. The van der Waals surface area contributed by atoms with Crippen LogP contribution in [0.2, 0.25) is 0 Å². The zero-order valence-corrected chi connectivity index (χ0v) is 16.8. The van der Waals surface area contributed by atoms with E-state index in [4.69, 9.17) is 9.47 Å². The molecule has 0 unspecified atom stereocenters. The topological polar surface area (TPSA) is 51.6 Å². The van der Waals surface area contributed by atoms with Crippen molar-refractivity contribution in [2.45, 2.75) is 33.2 Å². The van der Waals surface area contributed by atoms with Crippen LogP contribution in [0.5, 0.6) is 11.5 Å². The summed E-state index contributed by atoms with van der Waals surface area (Å²) in [4.78, 5) is 2.45. The number of benzene rings is 1. The fraction of sp³-hybridized carbons (Fsp3) is 0.571. The SMILES string of the molecule is CCN(CC)CCCNCc1cn(C)nc1-c1ccc2c(c1)OCCCO2. The van der Waals surface area contributed by atoms with Crippen molar-refractivity contribution < 1.29 is 9.47 Å². The van der Waals surface area contributed by atoms with Gasteiger partial charge in [-0.15, -0.1) is 0 Å². The maximum Gasteiger partial charge on any atom is 0.161 e. The summed E-state index contributed by atoms with van der Waals surface area (Å²) < 4.78 is 13.5. The Bertz CT molecular complexity index is 725. The summed E-state index contributed by atoms with van der Waals surface area (Å²) in [5, 5.41) is 8.24. The first kappa shape index (κ1) is 19.7. The van der Waals surface area contributed by atoms with Crippen molar-refractivity contribution in [1.82, 2.24) is 20.0 Å². The number of fused-ring (bicyclic) bond motifs is 1. The van der Waals surface area contributed by atoms with Crippen LogP contribution < -0.4 is 14.8 Å². The van der Waals surface area contributed by atoms with Gasteiger partial charge in [-0.2, -0.15) is 5.10 Å². The largest absolute Gasteiger partial charge is 0.490 e. The van der Waals surface area contributed by atoms with E-state index in [0.717, 1.165) is 68.3 Å². The summed E-state index contributed by atoms with van der Waals surface area (Å²) in [6.45, 7) is 11.0. The van der Waals surface area contributed by atoms with E-state index >= 15 is 0 Å². The molecule has 1 aliphatic rings. The van der Waals surface area contributed by atoms with Crippen LogP contribution in [-0.2, 0) is 13.6 Å². The molecule has 6 nitrogen and oxygen atoms in total. The predicted octanol–water partition coefficient (Wildman–Crippen LogP) is 3.07. The second-order valence-corrected chi connectivity index (χ2v) is 6.95. The van der Waals surface area contributed by atoms with Crippen molar-refractivity contribution in [3.8, 4) is 22.8 Å². The second kappa shape index (κ2) is 9.76. The van der Waals surface area contributed by atoms with Gasteiger partial charge in [-0.1, -0.05) is 13.8 Å². The number of aryl methyl sites for hydroxylation is 1. The number of hydrogen-bond acceptors (Lipinski definition) is 5. The van der Waals surface area contributed by atoms with Gasteiger partial charge < -0.3 is 19.7 Å². The van der Waals surface area contributed by atoms with Gasteiger partial charge in [-0.3, -0.25) is 4.68 Å². The van der Waals surface area contributed by atoms with Crippen LogP contribution in [0.3, 0.4) is 0 Å². The van der Waals surface area contributed by atoms with E-state index in [1.807, 2.05) is 23.9 Å². The first-order valence-corrected chi connectivity index (χ1v) is 10.1. The zero-order valence-electron chi connectivity index (χ0n) is 16.8. The molecular formula is C21H32N4O2. The smallest absolute Gasteiger partial charge is 0.161 e. The maximum atomic E-state index is 5.83. The average Bonchev–Trinajstić information content (AvgIpc) is 2.90. The lowest BCUT2D eigenvalue weighted by Gasteiger charge is -2.17. The summed E-state index contributed by atoms with van der Waals surface area (Å²) in [7, 11) is 1.97. The molecule has 1 aromatic carbocycles. The molecule has 2 heterocycles. The summed E-state index contributed by atoms with van der Waals surface area (Å²) >= 11 is 0. The minimum absolute atomic E-state index is 0.694. The van der Waals surface area contributed by atoms with E-state index in [1.54, 1.807) is 0 Å². The molecule has 3 rings (SSSR count). The van der Waals surface area contributed by atoms with Crippen LogP contribution in [0.25, 0.3) is 11.3 Å². The molecule has 0 atom stereocenters. The van der Waals surface area contributed by atoms with Gasteiger partial charge in [0.05, 0.1) is 18.9 Å². The fourth-order valence-corrected chi connectivity index (χ4v) is 3.41. The number of ether oxygens (including phenoxy) is 2. The molecule has 2 aromatic rings. The third-order valence-electron chi connectivity index (χ3n) is 4.96. The standard InChI is InChI=1S/C21H32N4O2/c1-4-25(5-2)11-6-10-22-15-18-16-24(3)23-21(18)17-8-9-19-20(14-17)27-13-7-12-26-19/h8-9,14,16,22H,4-7,10-13,15H2,1-3H3. The van der Waals surface area contributed by atoms with Crippen molar-refractivity contribution >= 4 is 0 Å². The van der Waals surface area contributed by atoms with Gasteiger partial charge in [-0.05, 0) is 50.8 Å². The summed E-state index contributed by atoms with van der Waals surface area (Å²) in [6.07, 6.45) is 4.16. The predicted molar refractivity (Wildman–Crippen MR) is 108 cm³/mol. The highest BCUT2D eigenvalue weighted by atomic mass is 16.5. The van der Waals surface area contributed by atoms with Crippen LogP contribution in [0, 0.1) is 0 Å². The van der Waals surface area contributed by atoms with Gasteiger partial charge in [0.2, 0.25) is 0 Å². The molecule has 148 valence electrons. The molecule has 27 heavy (non-hydrogen) atoms. The van der Waals surface area contributed by atoms with Crippen LogP contribution in [-0.4, -0.2) is 54.1 Å². The van der Waals surface area contributed by atoms with Crippen LogP contribution in [0.1, 0.15) is 32.3 Å². The highest BCUT2D eigenvalue weighted by Gasteiger charge is 2.15. The van der Waals surface area contributed by atoms with Crippen molar-refractivity contribution in [3.05, 3.63) is 30.0 Å². The van der Waals surface area contributed by atoms with Gasteiger partial charge in [0.15, 0.2) is 11.5 Å². The Morgan fingerprint density at radius 1 is 1.15 bits per heavy atom. The fourth-order valence-electron chi connectivity index (χ4n) is 3.41. The first-order valence-electron chi connectivity index (χ1n) is 10.1. The first-order chi connectivity index (χ1) is 13.2. The molecule has 6 heteroatoms. The Balaban J connectivity index is 1.63. The van der Waals surface area contributed by atoms with Crippen LogP contribution in [0.15, 0.2) is 24.4 Å². The molecule has 0 saturated heterocycles. The van der Waals surface area contributed by atoms with Crippen LogP contribution >= 0.6 is 0 Å². The molecule has 1 aromatic heterocycles. The summed E-state index contributed by atoms with van der Waals surface area (Å²) in [5.41, 5.74) is 3.28. The molecule has 0 radical (unpaired) electrons. The van der Waals surface area contributed by atoms with E-state index in [0.29, 0.717) is 13.2 Å². The normalized spacial score (nSPS) is 13.8. The van der Waals surface area contributed by atoms with Crippen molar-refractivity contribution in [3.63, 3.8) is 0 Å². The second-order valence-electron chi connectivity index (χ2n) is 6.95. The average molecular weight is 373 g/mol. The van der Waals surface area contributed by atoms with E-state index < -0.39 is 0 Å². The Morgan fingerprint density at radius 3 is 2.70 bits per heavy atom. The molecule has 0 bridgehead atoms. The molecule has 1 N–H and O–H groups in total. The molecule has 1 aliphatic heterocycles. The summed E-state index contributed by atoms with van der Waals surface area (Å²) in [6, 6.07) is 6.11. The minimum Gasteiger partial charge on any atom is -0.490 e. The third-order valence-corrected chi connectivity index (χ3v) is 4.96. The van der Waals surface area contributed by atoms with Gasteiger partial charge in [0.1, 0.15) is 0 Å². The highest BCUT2D eigenvalue weighted by Crippen LogP contribution is 2.34. The zero-order chi connectivity index (χ0) is 19.1. The van der Waals surface area contributed by atoms with Crippen molar-refractivity contribution in [2.75, 3.05) is 39.4 Å². The monoisotopic (exact) mass is 372 g/mol. The molecule has 0 aliphatic carbocycles. The van der Waals surface area contributed by atoms with E-state index in [9.17, 15) is 0 Å². The van der Waals surface area contributed by atoms with E-state index in [1.165, 1.54) is 5.56 Å². The summed E-state index contributed by atoms with van der Waals surface area (Å²) in [5.74, 6) is 1.64. The number of nitrogens with one attached hydrogen (secondary N) is 1. The lowest BCUT2D eigenvalue weighted by atomic mass is 10.1. The molecular weight excluding hydrogens is 340 g/mol. The number of rotatable bonds is 9. The maximum absolute atomic E-state index is 5.83. The molecule has 0 spiro atoms. The van der Waals surface area contributed by atoms with E-state index in [2.05, 4.69) is 41.4 Å². The van der Waals surface area contributed by atoms with Crippen molar-refractivity contribution in [1.29, 1.82) is 0 Å². The Hall–Kier alpha value is -2.05. The Kier molecular flexibility index (Phi) is 7.12. The van der Waals surface area contributed by atoms with E-state index in [-0.39, 0.29) is 0 Å². The molecule has 0 saturated carbocycles. The van der Waals surface area contributed by atoms with Gasteiger partial charge in [0.25, 0.3) is 0 Å². The Morgan fingerprint density at radius 2 is 1.93 bits per heavy atom. The number of hydrogen-bond donors (Lipinski definition) is 1. The van der Waals surface area contributed by atoms with Gasteiger partial charge >= 0.3 is 0 Å². The van der Waals surface area contributed by atoms with Gasteiger partial charge in [-0.25, -0.2) is 0 Å². The highest BCUT2D eigenvalue weighted by molar-refractivity contribution is 5.66. The lowest BCUT2D eigenvalue weighted by Crippen LogP contribution is -2.27. The number of aromatic nitrogens is 2. The molecule has 0 amide bonds. The van der Waals surface area contributed by atoms with Gasteiger partial charge in [0, 0.05) is 37.3 Å². The van der Waals surface area contributed by atoms with Crippen molar-refractivity contribution in [2.24, 2.45) is 7.05 Å².